The van der Waals surface area contributed by atoms with Gasteiger partial charge in [0.25, 0.3) is 0 Å². The molecule has 2 atom stereocenters. The molecular weight excluding hydrogens is 468 g/mol. The van der Waals surface area contributed by atoms with Gasteiger partial charge in [-0.2, -0.15) is 0 Å². The first kappa shape index (κ1) is 28.5. The predicted octanol–water partition coefficient (Wildman–Crippen LogP) is 3.36. The molecule has 0 fully saturated rings. The Morgan fingerprint density at radius 1 is 0.944 bits per heavy atom. The smallest absolute Gasteiger partial charge is 0.408 e. The number of cyclic esters (lactones) is 2. The molecule has 0 spiro atoms. The van der Waals surface area contributed by atoms with Crippen LogP contribution >= 0.6 is 0 Å². The number of hydrogen-bond acceptors (Lipinski definition) is 8. The summed E-state index contributed by atoms with van der Waals surface area (Å²) in [5.74, 6) is 4.15. The number of esters is 2. The van der Waals surface area contributed by atoms with Crippen LogP contribution in [0.3, 0.4) is 0 Å². The Labute approximate surface area is 211 Å². The Bertz CT molecular complexity index is 1030. The first-order valence-electron chi connectivity index (χ1n) is 11.6. The molecule has 1 aromatic carbocycles. The summed E-state index contributed by atoms with van der Waals surface area (Å²) in [5, 5.41) is 4.97. The van der Waals surface area contributed by atoms with Gasteiger partial charge in [-0.15, -0.1) is 11.8 Å². The molecule has 0 aliphatic carbocycles. The maximum atomic E-state index is 12.8. The molecule has 0 unspecified atom stereocenters. The van der Waals surface area contributed by atoms with Crippen LogP contribution in [0.1, 0.15) is 65.5 Å². The topological polar surface area (TPSA) is 129 Å². The van der Waals surface area contributed by atoms with Crippen LogP contribution < -0.4 is 10.6 Å². The lowest BCUT2D eigenvalue weighted by atomic mass is 10.1. The molecule has 36 heavy (non-hydrogen) atoms. The average Bonchev–Trinajstić information content (AvgIpc) is 2.74. The lowest BCUT2D eigenvalue weighted by Gasteiger charge is -2.23. The third kappa shape index (κ3) is 10.7. The number of carbonyl (C=O) groups is 4. The van der Waals surface area contributed by atoms with Crippen molar-refractivity contribution in [2.75, 3.05) is 0 Å². The second-order valence-corrected chi connectivity index (χ2v) is 10.2. The summed E-state index contributed by atoms with van der Waals surface area (Å²) >= 11 is 0. The molecule has 10 nitrogen and oxygen atoms in total. The van der Waals surface area contributed by atoms with Crippen molar-refractivity contribution < 1.29 is 38.1 Å². The normalized spacial score (nSPS) is 19.4. The van der Waals surface area contributed by atoms with Crippen molar-refractivity contribution in [2.24, 2.45) is 0 Å². The minimum Gasteiger partial charge on any atom is -0.459 e. The second-order valence-electron chi connectivity index (χ2n) is 10.2. The molecule has 2 rings (SSSR count). The maximum Gasteiger partial charge on any atom is 0.408 e. The van der Waals surface area contributed by atoms with E-state index in [0.29, 0.717) is 11.1 Å². The van der Waals surface area contributed by atoms with Crippen molar-refractivity contribution in [3.63, 3.8) is 0 Å². The summed E-state index contributed by atoms with van der Waals surface area (Å²) < 4.78 is 21.2. The van der Waals surface area contributed by atoms with Crippen molar-refractivity contribution in [2.45, 2.75) is 90.9 Å². The Hall–Kier alpha value is -3.74. The van der Waals surface area contributed by atoms with Crippen molar-refractivity contribution in [3.05, 3.63) is 35.4 Å². The largest absolute Gasteiger partial charge is 0.459 e. The number of amides is 2. The molecule has 2 bridgehead atoms. The van der Waals surface area contributed by atoms with Crippen LogP contribution in [-0.4, -0.2) is 47.4 Å². The number of benzene rings is 1. The standard InChI is InChI=1S/C26H34N2O8/c1-25(2,3)35-22(30)20-13-8-7-12-19(28-24(32)36-26(4,5)6)21(29)33-15-17-10-9-11-18(14-17)16-34-23(31)27-20/h9-11,14,19-20H,12-13,15-16H2,1-6H3,(H,27,31)(H,28,32)/t19-,20-/m1/s1. The molecule has 1 aliphatic heterocycles. The van der Waals surface area contributed by atoms with Crippen LogP contribution in [0.2, 0.25) is 0 Å². The number of nitrogens with one attached hydrogen (secondary N) is 2. The quantitative estimate of drug-likeness (QED) is 0.358. The van der Waals surface area contributed by atoms with Crippen molar-refractivity contribution in [3.8, 4) is 11.8 Å². The number of alkyl carbamates (subject to hydrolysis) is 2. The highest BCUT2D eigenvalue weighted by molar-refractivity contribution is 5.82. The number of carbonyl (C=O) groups excluding carboxylic acids is 4. The zero-order chi connectivity index (χ0) is 26.9. The minimum absolute atomic E-state index is 0.0560. The van der Waals surface area contributed by atoms with Gasteiger partial charge in [-0.1, -0.05) is 18.2 Å². The first-order valence-corrected chi connectivity index (χ1v) is 11.6. The van der Waals surface area contributed by atoms with E-state index in [0.717, 1.165) is 0 Å². The van der Waals surface area contributed by atoms with E-state index >= 15 is 0 Å². The van der Waals surface area contributed by atoms with Gasteiger partial charge in [0.1, 0.15) is 36.5 Å². The fourth-order valence-corrected chi connectivity index (χ4v) is 2.95. The van der Waals surface area contributed by atoms with E-state index in [1.165, 1.54) is 0 Å². The highest BCUT2D eigenvalue weighted by atomic mass is 16.6. The lowest BCUT2D eigenvalue weighted by Crippen LogP contribution is -2.44. The van der Waals surface area contributed by atoms with Crippen molar-refractivity contribution >= 4 is 24.1 Å². The van der Waals surface area contributed by atoms with E-state index in [4.69, 9.17) is 18.9 Å². The number of ether oxygens (including phenoxy) is 4. The van der Waals surface area contributed by atoms with Gasteiger partial charge in [0.05, 0.1) is 0 Å². The number of hydrogen-bond donors (Lipinski definition) is 2. The van der Waals surface area contributed by atoms with Gasteiger partial charge in [-0.3, -0.25) is 0 Å². The number of fused-ring (bicyclic) bond motifs is 2. The van der Waals surface area contributed by atoms with Gasteiger partial charge in [-0.25, -0.2) is 19.2 Å². The molecule has 1 aromatic rings. The minimum atomic E-state index is -1.11. The fraction of sp³-hybridized carbons (Fsp3) is 0.538. The summed E-state index contributed by atoms with van der Waals surface area (Å²) in [6, 6.07) is 4.72. The Morgan fingerprint density at radius 2 is 1.53 bits per heavy atom. The SMILES string of the molecule is CC(C)(C)OC(=O)N[C@@H]1CC#CC[C@H](C(=O)OC(C)(C)C)NC(=O)OCc2cccc(c2)COC1=O. The summed E-state index contributed by atoms with van der Waals surface area (Å²) in [5.41, 5.74) is -0.231. The fourth-order valence-electron chi connectivity index (χ4n) is 2.95. The van der Waals surface area contributed by atoms with Crippen LogP contribution in [0.5, 0.6) is 0 Å². The molecule has 0 radical (unpaired) electrons. The zero-order valence-corrected chi connectivity index (χ0v) is 21.6. The van der Waals surface area contributed by atoms with Crippen LogP contribution in [-0.2, 0) is 41.8 Å². The molecule has 196 valence electrons. The van der Waals surface area contributed by atoms with Gasteiger partial charge >= 0.3 is 24.1 Å². The molecule has 2 N–H and O–H groups in total. The van der Waals surface area contributed by atoms with E-state index in [1.54, 1.807) is 65.8 Å². The van der Waals surface area contributed by atoms with E-state index in [9.17, 15) is 19.2 Å². The lowest BCUT2D eigenvalue weighted by molar-refractivity contribution is -0.157. The van der Waals surface area contributed by atoms with Gasteiger partial charge in [0, 0.05) is 12.8 Å². The van der Waals surface area contributed by atoms with E-state index in [1.807, 2.05) is 0 Å². The molecule has 0 saturated heterocycles. The summed E-state index contributed by atoms with van der Waals surface area (Å²) in [6.45, 7) is 10.1. The van der Waals surface area contributed by atoms with Crippen molar-refractivity contribution in [1.82, 2.24) is 10.6 Å². The Kier molecular flexibility index (Phi) is 9.73. The second kappa shape index (κ2) is 12.3. The van der Waals surface area contributed by atoms with Crippen LogP contribution in [0.4, 0.5) is 9.59 Å². The zero-order valence-electron chi connectivity index (χ0n) is 21.6. The third-order valence-electron chi connectivity index (χ3n) is 4.44. The third-order valence-corrected chi connectivity index (χ3v) is 4.44. The molecule has 0 saturated carbocycles. The van der Waals surface area contributed by atoms with Gasteiger partial charge in [0.15, 0.2) is 0 Å². The predicted molar refractivity (Wildman–Crippen MR) is 129 cm³/mol. The Balaban J connectivity index is 2.28. The maximum absolute atomic E-state index is 12.8. The molecule has 2 amide bonds. The van der Waals surface area contributed by atoms with E-state index in [-0.39, 0.29) is 26.1 Å². The van der Waals surface area contributed by atoms with Gasteiger partial charge in [-0.05, 0) is 58.7 Å². The molecule has 1 heterocycles. The van der Waals surface area contributed by atoms with Crippen LogP contribution in [0.25, 0.3) is 0 Å². The van der Waals surface area contributed by atoms with Crippen LogP contribution in [0, 0.1) is 11.8 Å². The van der Waals surface area contributed by atoms with Gasteiger partial charge < -0.3 is 29.6 Å². The molecule has 10 heteroatoms. The van der Waals surface area contributed by atoms with Crippen LogP contribution in [0.15, 0.2) is 24.3 Å². The highest BCUT2D eigenvalue weighted by Gasteiger charge is 2.28. The van der Waals surface area contributed by atoms with E-state index in [2.05, 4.69) is 22.5 Å². The first-order chi connectivity index (χ1) is 16.7. The summed E-state index contributed by atoms with van der Waals surface area (Å²) in [4.78, 5) is 50.0. The van der Waals surface area contributed by atoms with E-state index < -0.39 is 47.4 Å². The van der Waals surface area contributed by atoms with Crippen molar-refractivity contribution in [1.29, 1.82) is 0 Å². The molecular formula is C26H34N2O8. The highest BCUT2D eigenvalue weighted by Crippen LogP contribution is 2.13. The van der Waals surface area contributed by atoms with Gasteiger partial charge in [0.2, 0.25) is 0 Å². The Morgan fingerprint density at radius 3 is 2.14 bits per heavy atom. The molecule has 1 aliphatic rings. The number of rotatable bonds is 2. The average molecular weight is 503 g/mol. The monoisotopic (exact) mass is 502 g/mol. The summed E-state index contributed by atoms with van der Waals surface area (Å²) in [6.07, 6.45) is -1.81. The molecule has 0 aromatic heterocycles. The summed E-state index contributed by atoms with van der Waals surface area (Å²) in [7, 11) is 0.